The van der Waals surface area contributed by atoms with Crippen LogP contribution in [0.5, 0.6) is 0 Å². The maximum atomic E-state index is 5.66. The molecule has 4 heteroatoms. The van der Waals surface area contributed by atoms with Gasteiger partial charge in [0.25, 0.3) is 0 Å². The van der Waals surface area contributed by atoms with E-state index in [4.69, 9.17) is 4.74 Å². The number of likely N-dealkylation sites (N-methyl/N-ethyl adjacent to an activating group) is 1. The molecule has 0 aliphatic carbocycles. The highest BCUT2D eigenvalue weighted by molar-refractivity contribution is 5.05. The maximum absolute atomic E-state index is 5.66. The first-order valence-electron chi connectivity index (χ1n) is 6.25. The molecule has 0 N–H and O–H groups in total. The summed E-state index contributed by atoms with van der Waals surface area (Å²) in [4.78, 5) is 9.39. The standard InChI is InChI=1S/C13H19N3O/c1-15-7-12-9-17-10-13(8-15)16(12)6-11-4-2-3-5-14-11/h2-5,12-13H,6-10H2,1H3. The Labute approximate surface area is 102 Å². The summed E-state index contributed by atoms with van der Waals surface area (Å²) in [6.45, 7) is 4.86. The molecule has 2 atom stereocenters. The first-order valence-corrected chi connectivity index (χ1v) is 6.25. The lowest BCUT2D eigenvalue weighted by molar-refractivity contribution is -0.0967. The first-order chi connectivity index (χ1) is 8.33. The monoisotopic (exact) mass is 233 g/mol. The zero-order valence-electron chi connectivity index (χ0n) is 10.2. The smallest absolute Gasteiger partial charge is 0.0635 e. The van der Waals surface area contributed by atoms with Gasteiger partial charge in [0.15, 0.2) is 0 Å². The Morgan fingerprint density at radius 1 is 1.29 bits per heavy atom. The summed E-state index contributed by atoms with van der Waals surface area (Å²) in [6, 6.07) is 7.18. The molecule has 0 saturated carbocycles. The number of morpholine rings is 1. The summed E-state index contributed by atoms with van der Waals surface area (Å²) < 4.78 is 5.66. The molecule has 4 nitrogen and oxygen atoms in total. The van der Waals surface area contributed by atoms with Crippen LogP contribution in [-0.4, -0.2) is 60.2 Å². The number of hydrogen-bond donors (Lipinski definition) is 0. The van der Waals surface area contributed by atoms with Gasteiger partial charge in [-0.15, -0.1) is 0 Å². The predicted molar refractivity (Wildman–Crippen MR) is 65.7 cm³/mol. The van der Waals surface area contributed by atoms with Gasteiger partial charge in [-0.05, 0) is 19.2 Å². The summed E-state index contributed by atoms with van der Waals surface area (Å²) in [5.74, 6) is 0. The SMILES string of the molecule is CN1CC2COCC(C1)N2Cc1ccccn1. The summed E-state index contributed by atoms with van der Waals surface area (Å²) in [7, 11) is 2.20. The molecule has 1 aromatic heterocycles. The normalized spacial score (nSPS) is 30.4. The Morgan fingerprint density at radius 3 is 2.71 bits per heavy atom. The van der Waals surface area contributed by atoms with Gasteiger partial charge in [0.05, 0.1) is 18.9 Å². The quantitative estimate of drug-likeness (QED) is 0.748. The van der Waals surface area contributed by atoms with Crippen molar-refractivity contribution in [1.82, 2.24) is 14.8 Å². The molecule has 0 aromatic carbocycles. The minimum absolute atomic E-state index is 0.523. The third-order valence-corrected chi connectivity index (χ3v) is 3.67. The molecule has 2 aliphatic heterocycles. The van der Waals surface area contributed by atoms with Gasteiger partial charge in [0.2, 0.25) is 0 Å². The molecule has 2 fully saturated rings. The van der Waals surface area contributed by atoms with Crippen molar-refractivity contribution in [2.24, 2.45) is 0 Å². The van der Waals surface area contributed by atoms with E-state index < -0.39 is 0 Å². The van der Waals surface area contributed by atoms with Crippen LogP contribution in [0.2, 0.25) is 0 Å². The van der Waals surface area contributed by atoms with E-state index in [1.54, 1.807) is 0 Å². The van der Waals surface area contributed by atoms with Crippen molar-refractivity contribution in [3.63, 3.8) is 0 Å². The number of hydrogen-bond acceptors (Lipinski definition) is 4. The molecular weight excluding hydrogens is 214 g/mol. The van der Waals surface area contributed by atoms with Gasteiger partial charge in [-0.25, -0.2) is 0 Å². The van der Waals surface area contributed by atoms with Gasteiger partial charge in [-0.1, -0.05) is 6.07 Å². The average Bonchev–Trinajstić information content (AvgIpc) is 2.32. The molecule has 2 aliphatic rings. The fourth-order valence-corrected chi connectivity index (χ4v) is 2.88. The van der Waals surface area contributed by atoms with Crippen molar-refractivity contribution in [3.8, 4) is 0 Å². The molecule has 1 aromatic rings. The minimum Gasteiger partial charge on any atom is -0.378 e. The number of ether oxygens (including phenoxy) is 1. The molecule has 2 bridgehead atoms. The van der Waals surface area contributed by atoms with E-state index in [0.717, 1.165) is 38.5 Å². The summed E-state index contributed by atoms with van der Waals surface area (Å²) >= 11 is 0. The fraction of sp³-hybridized carbons (Fsp3) is 0.615. The number of aromatic nitrogens is 1. The van der Waals surface area contributed by atoms with Crippen LogP contribution >= 0.6 is 0 Å². The van der Waals surface area contributed by atoms with Crippen LogP contribution < -0.4 is 0 Å². The number of nitrogens with zero attached hydrogens (tertiary/aromatic N) is 3. The van der Waals surface area contributed by atoms with Crippen LogP contribution in [0.3, 0.4) is 0 Å². The van der Waals surface area contributed by atoms with Crippen LogP contribution in [0.1, 0.15) is 5.69 Å². The molecule has 92 valence electrons. The van der Waals surface area contributed by atoms with Crippen molar-refractivity contribution in [3.05, 3.63) is 30.1 Å². The molecule has 2 saturated heterocycles. The van der Waals surface area contributed by atoms with Crippen LogP contribution in [0.15, 0.2) is 24.4 Å². The number of pyridine rings is 1. The Kier molecular flexibility index (Phi) is 3.09. The van der Waals surface area contributed by atoms with Crippen molar-refractivity contribution >= 4 is 0 Å². The molecule has 2 unspecified atom stereocenters. The zero-order valence-corrected chi connectivity index (χ0v) is 10.2. The Hall–Kier alpha value is -0.970. The van der Waals surface area contributed by atoms with Crippen LogP contribution in [-0.2, 0) is 11.3 Å². The highest BCUT2D eigenvalue weighted by atomic mass is 16.5. The van der Waals surface area contributed by atoms with E-state index in [0.29, 0.717) is 12.1 Å². The third kappa shape index (κ3) is 2.34. The van der Waals surface area contributed by atoms with Gasteiger partial charge in [0.1, 0.15) is 0 Å². The van der Waals surface area contributed by atoms with Gasteiger partial charge in [-0.2, -0.15) is 0 Å². The topological polar surface area (TPSA) is 28.6 Å². The summed E-state index contributed by atoms with van der Waals surface area (Å²) in [5.41, 5.74) is 1.16. The van der Waals surface area contributed by atoms with Crippen molar-refractivity contribution in [2.75, 3.05) is 33.4 Å². The lowest BCUT2D eigenvalue weighted by Gasteiger charge is -2.48. The largest absolute Gasteiger partial charge is 0.378 e. The van der Waals surface area contributed by atoms with Crippen LogP contribution in [0.25, 0.3) is 0 Å². The second-order valence-corrected chi connectivity index (χ2v) is 5.06. The number of rotatable bonds is 2. The van der Waals surface area contributed by atoms with Gasteiger partial charge in [0, 0.05) is 37.9 Å². The predicted octanol–water partition coefficient (Wildman–Crippen LogP) is 0.596. The van der Waals surface area contributed by atoms with Crippen LogP contribution in [0, 0.1) is 0 Å². The van der Waals surface area contributed by atoms with Crippen molar-refractivity contribution in [2.45, 2.75) is 18.6 Å². The maximum Gasteiger partial charge on any atom is 0.0635 e. The van der Waals surface area contributed by atoms with Crippen molar-refractivity contribution in [1.29, 1.82) is 0 Å². The second-order valence-electron chi connectivity index (χ2n) is 5.06. The summed E-state index contributed by atoms with van der Waals surface area (Å²) in [6.07, 6.45) is 1.87. The Morgan fingerprint density at radius 2 is 2.06 bits per heavy atom. The Balaban J connectivity index is 1.74. The van der Waals surface area contributed by atoms with Crippen molar-refractivity contribution < 1.29 is 4.74 Å². The molecular formula is C13H19N3O. The molecule has 0 amide bonds. The van der Waals surface area contributed by atoms with Gasteiger partial charge in [-0.3, -0.25) is 9.88 Å². The minimum atomic E-state index is 0.523. The average molecular weight is 233 g/mol. The highest BCUT2D eigenvalue weighted by Gasteiger charge is 2.36. The van der Waals surface area contributed by atoms with E-state index >= 15 is 0 Å². The lowest BCUT2D eigenvalue weighted by atomic mass is 10.0. The van der Waals surface area contributed by atoms with Gasteiger partial charge >= 0.3 is 0 Å². The van der Waals surface area contributed by atoms with E-state index in [-0.39, 0.29) is 0 Å². The Bertz CT molecular complexity index is 356. The van der Waals surface area contributed by atoms with E-state index in [9.17, 15) is 0 Å². The number of fused-ring (bicyclic) bond motifs is 2. The zero-order chi connectivity index (χ0) is 11.7. The lowest BCUT2D eigenvalue weighted by Crippen LogP contribution is -2.63. The molecule has 0 spiro atoms. The fourth-order valence-electron chi connectivity index (χ4n) is 2.88. The molecule has 3 rings (SSSR count). The number of piperazine rings is 1. The van der Waals surface area contributed by atoms with Crippen LogP contribution in [0.4, 0.5) is 0 Å². The van der Waals surface area contributed by atoms with Gasteiger partial charge < -0.3 is 9.64 Å². The first kappa shape index (κ1) is 11.1. The van der Waals surface area contributed by atoms with E-state index in [1.807, 2.05) is 12.3 Å². The summed E-state index contributed by atoms with van der Waals surface area (Å²) in [5, 5.41) is 0. The van der Waals surface area contributed by atoms with E-state index in [1.165, 1.54) is 0 Å². The second kappa shape index (κ2) is 4.72. The third-order valence-electron chi connectivity index (χ3n) is 3.67. The molecule has 17 heavy (non-hydrogen) atoms. The van der Waals surface area contributed by atoms with E-state index in [2.05, 4.69) is 34.0 Å². The highest BCUT2D eigenvalue weighted by Crippen LogP contribution is 2.22. The molecule has 0 radical (unpaired) electrons. The molecule has 3 heterocycles.